The lowest BCUT2D eigenvalue weighted by Crippen LogP contribution is -2.34. The smallest absolute Gasteiger partial charge is 0.240 e. The van der Waals surface area contributed by atoms with Gasteiger partial charge in [-0.15, -0.1) is 0 Å². The number of ether oxygens (including phenoxy) is 1. The predicted octanol–water partition coefficient (Wildman–Crippen LogP) is 0.541. The first-order valence-electron chi connectivity index (χ1n) is 6.91. The maximum atomic E-state index is 12.2. The number of sulfonamides is 1. The number of hydrogen-bond donors (Lipinski definition) is 1. The fourth-order valence-electron chi connectivity index (χ4n) is 3.10. The van der Waals surface area contributed by atoms with Gasteiger partial charge in [-0.2, -0.15) is 0 Å². The van der Waals surface area contributed by atoms with Crippen molar-refractivity contribution < 1.29 is 13.2 Å². The fraction of sp³-hybridized carbons (Fsp3) is 0.571. The molecule has 6 heteroatoms. The number of hydrogen-bond acceptors (Lipinski definition) is 4. The zero-order chi connectivity index (χ0) is 14.2. The van der Waals surface area contributed by atoms with Crippen LogP contribution in [0.4, 0.5) is 0 Å². The van der Waals surface area contributed by atoms with Crippen molar-refractivity contribution in [2.45, 2.75) is 11.0 Å². The van der Waals surface area contributed by atoms with Crippen LogP contribution in [0.1, 0.15) is 0 Å². The summed E-state index contributed by atoms with van der Waals surface area (Å²) in [5.74, 6) is 0.710. The van der Waals surface area contributed by atoms with E-state index in [1.54, 1.807) is 24.3 Å². The van der Waals surface area contributed by atoms with Crippen LogP contribution in [0.2, 0.25) is 0 Å². The van der Waals surface area contributed by atoms with E-state index in [-0.39, 0.29) is 12.0 Å². The molecule has 110 valence electrons. The van der Waals surface area contributed by atoms with Crippen LogP contribution in [0.15, 0.2) is 35.2 Å². The monoisotopic (exact) mass is 296 g/mol. The van der Waals surface area contributed by atoms with E-state index in [2.05, 4.69) is 16.7 Å². The molecule has 0 spiro atoms. The van der Waals surface area contributed by atoms with Crippen LogP contribution in [-0.2, 0) is 14.8 Å². The van der Waals surface area contributed by atoms with Gasteiger partial charge in [0, 0.05) is 31.5 Å². The van der Waals surface area contributed by atoms with Crippen molar-refractivity contribution in [3.05, 3.63) is 30.3 Å². The molecule has 5 nitrogen and oxygen atoms in total. The van der Waals surface area contributed by atoms with E-state index < -0.39 is 10.0 Å². The molecule has 0 saturated carbocycles. The Labute approximate surface area is 120 Å². The molecule has 2 heterocycles. The van der Waals surface area contributed by atoms with E-state index >= 15 is 0 Å². The summed E-state index contributed by atoms with van der Waals surface area (Å²) in [6, 6.07) is 8.49. The molecule has 1 aromatic rings. The van der Waals surface area contributed by atoms with Gasteiger partial charge < -0.3 is 9.64 Å². The number of fused-ring (bicyclic) bond motifs is 1. The molecule has 0 aliphatic carbocycles. The standard InChI is InChI=1S/C14H20N2O3S/c1-16-8-13-11(10-19-14(13)9-16)7-15-20(17,18)12-5-3-2-4-6-12/h2-6,11,13-15H,7-10H2,1H3/t11-,13-,14-/m1/s1. The van der Waals surface area contributed by atoms with Gasteiger partial charge in [0.05, 0.1) is 17.6 Å². The Hall–Kier alpha value is -0.950. The molecule has 0 aromatic heterocycles. The van der Waals surface area contributed by atoms with Crippen LogP contribution in [-0.4, -0.2) is 52.7 Å². The van der Waals surface area contributed by atoms with Crippen molar-refractivity contribution >= 4 is 10.0 Å². The lowest BCUT2D eigenvalue weighted by Gasteiger charge is -2.17. The highest BCUT2D eigenvalue weighted by Crippen LogP contribution is 2.32. The number of nitrogens with zero attached hydrogens (tertiary/aromatic N) is 1. The van der Waals surface area contributed by atoms with Gasteiger partial charge in [-0.05, 0) is 19.2 Å². The third-order valence-corrected chi connectivity index (χ3v) is 5.65. The molecule has 2 saturated heterocycles. The summed E-state index contributed by atoms with van der Waals surface area (Å²) in [5.41, 5.74) is 0. The average Bonchev–Trinajstić information content (AvgIpc) is 2.97. The predicted molar refractivity (Wildman–Crippen MR) is 75.8 cm³/mol. The second-order valence-electron chi connectivity index (χ2n) is 5.68. The molecule has 0 radical (unpaired) electrons. The summed E-state index contributed by atoms with van der Waals surface area (Å²) in [5, 5.41) is 0. The van der Waals surface area contributed by atoms with E-state index in [1.807, 2.05) is 6.07 Å². The number of benzene rings is 1. The zero-order valence-corrected chi connectivity index (χ0v) is 12.3. The average molecular weight is 296 g/mol. The van der Waals surface area contributed by atoms with E-state index in [1.165, 1.54) is 0 Å². The second kappa shape index (κ2) is 5.44. The fourth-order valence-corrected chi connectivity index (χ4v) is 4.22. The highest BCUT2D eigenvalue weighted by atomic mass is 32.2. The van der Waals surface area contributed by atoms with Crippen molar-refractivity contribution in [1.29, 1.82) is 0 Å². The number of nitrogens with one attached hydrogen (secondary N) is 1. The van der Waals surface area contributed by atoms with Gasteiger partial charge in [-0.3, -0.25) is 0 Å². The Balaban J connectivity index is 1.63. The first kappa shape index (κ1) is 14.0. The van der Waals surface area contributed by atoms with E-state index in [0.29, 0.717) is 24.0 Å². The first-order valence-corrected chi connectivity index (χ1v) is 8.39. The molecule has 0 bridgehead atoms. The summed E-state index contributed by atoms with van der Waals surface area (Å²) < 4.78 is 32.8. The maximum Gasteiger partial charge on any atom is 0.240 e. The quantitative estimate of drug-likeness (QED) is 0.881. The van der Waals surface area contributed by atoms with Crippen molar-refractivity contribution in [3.8, 4) is 0 Å². The van der Waals surface area contributed by atoms with Gasteiger partial charge in [-0.25, -0.2) is 13.1 Å². The molecule has 0 amide bonds. The molecule has 3 atom stereocenters. The van der Waals surface area contributed by atoms with Gasteiger partial charge in [0.25, 0.3) is 0 Å². The van der Waals surface area contributed by atoms with Gasteiger partial charge in [0.1, 0.15) is 0 Å². The molecule has 0 unspecified atom stereocenters. The largest absolute Gasteiger partial charge is 0.376 e. The summed E-state index contributed by atoms with van der Waals surface area (Å²) in [7, 11) is -1.33. The van der Waals surface area contributed by atoms with Crippen LogP contribution in [0.5, 0.6) is 0 Å². The lowest BCUT2D eigenvalue weighted by molar-refractivity contribution is 0.0988. The first-order chi connectivity index (χ1) is 9.56. The van der Waals surface area contributed by atoms with Gasteiger partial charge in [-0.1, -0.05) is 18.2 Å². The van der Waals surface area contributed by atoms with Crippen LogP contribution < -0.4 is 4.72 Å². The van der Waals surface area contributed by atoms with Crippen molar-refractivity contribution in [3.63, 3.8) is 0 Å². The Morgan fingerprint density at radius 2 is 2.05 bits per heavy atom. The van der Waals surface area contributed by atoms with Crippen molar-refractivity contribution in [1.82, 2.24) is 9.62 Å². The van der Waals surface area contributed by atoms with Gasteiger partial charge in [0.2, 0.25) is 10.0 Å². The van der Waals surface area contributed by atoms with Crippen LogP contribution >= 0.6 is 0 Å². The Morgan fingerprint density at radius 3 is 2.80 bits per heavy atom. The van der Waals surface area contributed by atoms with Crippen LogP contribution in [0, 0.1) is 11.8 Å². The molecule has 2 aliphatic heterocycles. The molecule has 3 rings (SSSR count). The Bertz CT molecular complexity index is 561. The molecule has 2 aliphatic rings. The number of rotatable bonds is 4. The van der Waals surface area contributed by atoms with E-state index in [4.69, 9.17) is 4.74 Å². The van der Waals surface area contributed by atoms with Crippen molar-refractivity contribution in [2.75, 3.05) is 33.3 Å². The van der Waals surface area contributed by atoms with Crippen LogP contribution in [0.3, 0.4) is 0 Å². The van der Waals surface area contributed by atoms with Crippen molar-refractivity contribution in [2.24, 2.45) is 11.8 Å². The summed E-state index contributed by atoms with van der Waals surface area (Å²) in [6.45, 7) is 3.04. The third kappa shape index (κ3) is 2.74. The molecular weight excluding hydrogens is 276 g/mol. The Kier molecular flexibility index (Phi) is 3.81. The summed E-state index contributed by atoms with van der Waals surface area (Å²) in [6.07, 6.45) is 0.270. The van der Waals surface area contributed by atoms with E-state index in [9.17, 15) is 8.42 Å². The third-order valence-electron chi connectivity index (χ3n) is 4.21. The van der Waals surface area contributed by atoms with Gasteiger partial charge in [0.15, 0.2) is 0 Å². The summed E-state index contributed by atoms with van der Waals surface area (Å²) in [4.78, 5) is 2.56. The maximum absolute atomic E-state index is 12.2. The van der Waals surface area contributed by atoms with Gasteiger partial charge >= 0.3 is 0 Å². The minimum absolute atomic E-state index is 0.267. The molecule has 2 fully saturated rings. The number of likely N-dealkylation sites (tertiary alicyclic amines) is 1. The minimum atomic E-state index is -3.41. The minimum Gasteiger partial charge on any atom is -0.376 e. The Morgan fingerprint density at radius 1 is 1.30 bits per heavy atom. The molecular formula is C14H20N2O3S. The topological polar surface area (TPSA) is 58.6 Å². The van der Waals surface area contributed by atoms with E-state index in [0.717, 1.165) is 13.1 Å². The second-order valence-corrected chi connectivity index (χ2v) is 7.45. The molecule has 1 aromatic carbocycles. The zero-order valence-electron chi connectivity index (χ0n) is 11.5. The molecule has 20 heavy (non-hydrogen) atoms. The SMILES string of the molecule is CN1C[C@@H]2[C@H](CNS(=O)(=O)c3ccccc3)CO[C@@H]2C1. The highest BCUT2D eigenvalue weighted by molar-refractivity contribution is 7.89. The normalized spacial score (nSPS) is 30.6. The lowest BCUT2D eigenvalue weighted by atomic mass is 9.93. The molecule has 1 N–H and O–H groups in total. The van der Waals surface area contributed by atoms with Crippen LogP contribution in [0.25, 0.3) is 0 Å². The summed E-state index contributed by atoms with van der Waals surface area (Å²) >= 11 is 0. The number of likely N-dealkylation sites (N-methyl/N-ethyl adjacent to an activating group) is 1. The highest BCUT2D eigenvalue weighted by Gasteiger charge is 2.42.